The van der Waals surface area contributed by atoms with Crippen LogP contribution in [-0.4, -0.2) is 12.1 Å². The first kappa shape index (κ1) is 12.6. The minimum absolute atomic E-state index is 0.123. The van der Waals surface area contributed by atoms with E-state index in [4.69, 9.17) is 0 Å². The Kier molecular flexibility index (Phi) is 4.16. The van der Waals surface area contributed by atoms with Crippen molar-refractivity contribution in [2.45, 2.75) is 51.0 Å². The maximum Gasteiger partial charge on any atom is 0.123 e. The van der Waals surface area contributed by atoms with Gasteiger partial charge in [-0.3, -0.25) is 0 Å². The van der Waals surface area contributed by atoms with Crippen molar-refractivity contribution in [2.75, 3.05) is 6.54 Å². The summed E-state index contributed by atoms with van der Waals surface area (Å²) in [5.41, 5.74) is 1.30. The molecule has 0 bridgehead atoms. The molecule has 1 unspecified atom stereocenters. The summed E-state index contributed by atoms with van der Waals surface area (Å²) >= 11 is 0. The zero-order chi connectivity index (χ0) is 12.1. The summed E-state index contributed by atoms with van der Waals surface area (Å²) in [7, 11) is 0. The molecule has 2 rings (SSSR count). The second kappa shape index (κ2) is 5.63. The first-order valence-corrected chi connectivity index (χ1v) is 6.74. The lowest BCUT2D eigenvalue weighted by atomic mass is 9.84. The van der Waals surface area contributed by atoms with Gasteiger partial charge in [0.2, 0.25) is 0 Å². The number of halogens is 1. The van der Waals surface area contributed by atoms with Crippen molar-refractivity contribution in [1.29, 1.82) is 0 Å². The molecule has 0 amide bonds. The van der Waals surface area contributed by atoms with Gasteiger partial charge in [0.05, 0.1) is 0 Å². The summed E-state index contributed by atoms with van der Waals surface area (Å²) in [4.78, 5) is 0. The van der Waals surface area contributed by atoms with Crippen LogP contribution in [0.5, 0.6) is 0 Å². The van der Waals surface area contributed by atoms with E-state index in [0.717, 1.165) is 24.9 Å². The average molecular weight is 235 g/mol. The van der Waals surface area contributed by atoms with Crippen LogP contribution in [0.25, 0.3) is 0 Å². The van der Waals surface area contributed by atoms with Gasteiger partial charge in [-0.25, -0.2) is 4.39 Å². The lowest BCUT2D eigenvalue weighted by Crippen LogP contribution is -2.46. The highest BCUT2D eigenvalue weighted by atomic mass is 19.1. The number of benzene rings is 1. The molecule has 1 heterocycles. The molecule has 0 aromatic heterocycles. The van der Waals surface area contributed by atoms with E-state index in [2.05, 4.69) is 12.2 Å². The van der Waals surface area contributed by atoms with Crippen LogP contribution in [0.4, 0.5) is 4.39 Å². The van der Waals surface area contributed by atoms with E-state index in [0.29, 0.717) is 0 Å². The van der Waals surface area contributed by atoms with Crippen molar-refractivity contribution in [1.82, 2.24) is 5.32 Å². The van der Waals surface area contributed by atoms with Gasteiger partial charge in [-0.2, -0.15) is 0 Å². The van der Waals surface area contributed by atoms with Gasteiger partial charge in [0.1, 0.15) is 5.82 Å². The summed E-state index contributed by atoms with van der Waals surface area (Å²) in [5, 5.41) is 3.69. The lowest BCUT2D eigenvalue weighted by Gasteiger charge is -2.33. The van der Waals surface area contributed by atoms with Gasteiger partial charge >= 0.3 is 0 Å². The third-order valence-electron chi connectivity index (χ3n) is 3.94. The monoisotopic (exact) mass is 235 g/mol. The van der Waals surface area contributed by atoms with E-state index in [1.807, 2.05) is 12.1 Å². The minimum atomic E-state index is -0.123. The van der Waals surface area contributed by atoms with Gasteiger partial charge in [-0.15, -0.1) is 0 Å². The first-order chi connectivity index (χ1) is 8.24. The molecule has 1 aromatic carbocycles. The van der Waals surface area contributed by atoms with Gasteiger partial charge in [0, 0.05) is 5.54 Å². The molecule has 1 fully saturated rings. The molecule has 0 saturated carbocycles. The number of rotatable bonds is 3. The van der Waals surface area contributed by atoms with Crippen LogP contribution in [0.2, 0.25) is 0 Å². The standard InChI is InChI=1S/C15H22FN/c1-2-15(9-4-3-5-10-17-15)12-13-7-6-8-14(16)11-13/h6-8,11,17H,2-5,9-10,12H2,1H3. The Bertz CT molecular complexity index is 354. The van der Waals surface area contributed by atoms with Crippen LogP contribution >= 0.6 is 0 Å². The fraction of sp³-hybridized carbons (Fsp3) is 0.600. The van der Waals surface area contributed by atoms with Crippen molar-refractivity contribution >= 4 is 0 Å². The molecule has 94 valence electrons. The fourth-order valence-corrected chi connectivity index (χ4v) is 2.82. The molecule has 2 heteroatoms. The minimum Gasteiger partial charge on any atom is -0.311 e. The topological polar surface area (TPSA) is 12.0 Å². The Hall–Kier alpha value is -0.890. The highest BCUT2D eigenvalue weighted by molar-refractivity contribution is 5.19. The normalized spacial score (nSPS) is 25.5. The summed E-state index contributed by atoms with van der Waals surface area (Å²) in [6.45, 7) is 3.33. The number of hydrogen-bond acceptors (Lipinski definition) is 1. The fourth-order valence-electron chi connectivity index (χ4n) is 2.82. The predicted molar refractivity (Wildman–Crippen MR) is 69.6 cm³/mol. The Balaban J connectivity index is 2.12. The van der Waals surface area contributed by atoms with Crippen molar-refractivity contribution in [3.8, 4) is 0 Å². The largest absolute Gasteiger partial charge is 0.311 e. The summed E-state index contributed by atoms with van der Waals surface area (Å²) in [5.74, 6) is -0.123. The zero-order valence-electron chi connectivity index (χ0n) is 10.6. The van der Waals surface area contributed by atoms with E-state index >= 15 is 0 Å². The maximum atomic E-state index is 13.2. The summed E-state index contributed by atoms with van der Waals surface area (Å²) in [6.07, 6.45) is 7.14. The van der Waals surface area contributed by atoms with Crippen molar-refractivity contribution in [3.05, 3.63) is 35.6 Å². The molecule has 1 N–H and O–H groups in total. The van der Waals surface area contributed by atoms with Gasteiger partial charge < -0.3 is 5.32 Å². The Labute approximate surface area is 103 Å². The van der Waals surface area contributed by atoms with Crippen LogP contribution in [0, 0.1) is 5.82 Å². The Morgan fingerprint density at radius 3 is 2.94 bits per heavy atom. The summed E-state index contributed by atoms with van der Waals surface area (Å²) < 4.78 is 13.2. The van der Waals surface area contributed by atoms with Gasteiger partial charge in [-0.1, -0.05) is 31.9 Å². The highest BCUT2D eigenvalue weighted by Gasteiger charge is 2.28. The molecular weight excluding hydrogens is 213 g/mol. The van der Waals surface area contributed by atoms with Crippen LogP contribution in [-0.2, 0) is 6.42 Å². The number of nitrogens with one attached hydrogen (secondary N) is 1. The molecule has 0 radical (unpaired) electrons. The smallest absolute Gasteiger partial charge is 0.123 e. The molecule has 17 heavy (non-hydrogen) atoms. The van der Waals surface area contributed by atoms with Crippen molar-refractivity contribution in [2.24, 2.45) is 0 Å². The second-order valence-corrected chi connectivity index (χ2v) is 5.18. The van der Waals surface area contributed by atoms with Gasteiger partial charge in [0.25, 0.3) is 0 Å². The molecule has 1 nitrogen and oxygen atoms in total. The molecular formula is C15H22FN. The number of hydrogen-bond donors (Lipinski definition) is 1. The van der Waals surface area contributed by atoms with Crippen LogP contribution in [0.15, 0.2) is 24.3 Å². The van der Waals surface area contributed by atoms with Crippen LogP contribution in [0.1, 0.15) is 44.6 Å². The van der Waals surface area contributed by atoms with E-state index in [1.54, 1.807) is 6.07 Å². The van der Waals surface area contributed by atoms with Gasteiger partial charge in [-0.05, 0) is 49.9 Å². The molecule has 1 aliphatic rings. The molecule has 1 aliphatic heterocycles. The zero-order valence-corrected chi connectivity index (χ0v) is 10.6. The first-order valence-electron chi connectivity index (χ1n) is 6.74. The Morgan fingerprint density at radius 2 is 2.18 bits per heavy atom. The summed E-state index contributed by atoms with van der Waals surface area (Å²) in [6, 6.07) is 7.03. The molecule has 1 saturated heterocycles. The van der Waals surface area contributed by atoms with Crippen LogP contribution in [0.3, 0.4) is 0 Å². The molecule has 1 atom stereocenters. The van der Waals surface area contributed by atoms with Crippen LogP contribution < -0.4 is 5.32 Å². The van der Waals surface area contributed by atoms with E-state index in [-0.39, 0.29) is 11.4 Å². The van der Waals surface area contributed by atoms with Crippen molar-refractivity contribution in [3.63, 3.8) is 0 Å². The predicted octanol–water partition coefficient (Wildman–Crippen LogP) is 3.68. The van der Waals surface area contributed by atoms with Gasteiger partial charge in [0.15, 0.2) is 0 Å². The highest BCUT2D eigenvalue weighted by Crippen LogP contribution is 2.26. The van der Waals surface area contributed by atoms with E-state index in [1.165, 1.54) is 31.7 Å². The third kappa shape index (κ3) is 3.29. The van der Waals surface area contributed by atoms with E-state index in [9.17, 15) is 4.39 Å². The maximum absolute atomic E-state index is 13.2. The molecule has 1 aromatic rings. The average Bonchev–Trinajstić information content (AvgIpc) is 2.55. The molecule has 0 aliphatic carbocycles. The van der Waals surface area contributed by atoms with Crippen molar-refractivity contribution < 1.29 is 4.39 Å². The van der Waals surface area contributed by atoms with E-state index < -0.39 is 0 Å². The molecule has 0 spiro atoms. The second-order valence-electron chi connectivity index (χ2n) is 5.18. The SMILES string of the molecule is CCC1(Cc2cccc(F)c2)CCCCCN1. The quantitative estimate of drug-likeness (QED) is 0.842. The Morgan fingerprint density at radius 1 is 1.29 bits per heavy atom. The third-order valence-corrected chi connectivity index (χ3v) is 3.94. The lowest BCUT2D eigenvalue weighted by molar-refractivity contribution is 0.302.